The quantitative estimate of drug-likeness (QED) is 0.844. The van der Waals surface area contributed by atoms with E-state index in [1.807, 2.05) is 0 Å². The largest absolute Gasteiger partial charge is 0.391 e. The standard InChI is InChI=1S/C13H16F2N2O2S/c14-12(15)20-11-5-3-9(4-6-11)16-13(19)17-7-1-2-10(18)8-17/h3-6,10,12,18H,1-2,7-8H2,(H,16,19). The highest BCUT2D eigenvalue weighted by Crippen LogP contribution is 2.26. The van der Waals surface area contributed by atoms with Crippen molar-refractivity contribution in [3.8, 4) is 0 Å². The van der Waals surface area contributed by atoms with Gasteiger partial charge < -0.3 is 15.3 Å². The SMILES string of the molecule is O=C(Nc1ccc(SC(F)F)cc1)N1CCCC(O)C1. The average Bonchev–Trinajstić information content (AvgIpc) is 2.40. The Hall–Kier alpha value is -1.34. The number of aliphatic hydroxyl groups excluding tert-OH is 1. The monoisotopic (exact) mass is 302 g/mol. The summed E-state index contributed by atoms with van der Waals surface area (Å²) < 4.78 is 24.3. The number of amides is 2. The number of hydrogen-bond acceptors (Lipinski definition) is 3. The minimum Gasteiger partial charge on any atom is -0.391 e. The van der Waals surface area contributed by atoms with Crippen molar-refractivity contribution in [1.82, 2.24) is 4.90 Å². The number of carbonyl (C=O) groups excluding carboxylic acids is 1. The number of urea groups is 1. The molecular formula is C13H16F2N2O2S. The number of aliphatic hydroxyl groups is 1. The van der Waals surface area contributed by atoms with Gasteiger partial charge >= 0.3 is 6.03 Å². The summed E-state index contributed by atoms with van der Waals surface area (Å²) in [5, 5.41) is 12.2. The van der Waals surface area contributed by atoms with Crippen molar-refractivity contribution < 1.29 is 18.7 Å². The van der Waals surface area contributed by atoms with Crippen LogP contribution in [0.3, 0.4) is 0 Å². The van der Waals surface area contributed by atoms with Crippen molar-refractivity contribution in [3.05, 3.63) is 24.3 Å². The highest BCUT2D eigenvalue weighted by Gasteiger charge is 2.21. The average molecular weight is 302 g/mol. The summed E-state index contributed by atoms with van der Waals surface area (Å²) in [4.78, 5) is 14.0. The zero-order valence-corrected chi connectivity index (χ0v) is 11.6. The number of nitrogens with zero attached hydrogens (tertiary/aromatic N) is 1. The highest BCUT2D eigenvalue weighted by atomic mass is 32.2. The van der Waals surface area contributed by atoms with Crippen molar-refractivity contribution in [2.75, 3.05) is 18.4 Å². The molecule has 1 aliphatic heterocycles. The third kappa shape index (κ3) is 4.35. The topological polar surface area (TPSA) is 52.6 Å². The van der Waals surface area contributed by atoms with Gasteiger partial charge in [0.15, 0.2) is 0 Å². The number of carbonyl (C=O) groups is 1. The number of likely N-dealkylation sites (tertiary alicyclic amines) is 1. The maximum Gasteiger partial charge on any atom is 0.321 e. The van der Waals surface area contributed by atoms with Crippen LogP contribution in [0.25, 0.3) is 0 Å². The molecule has 1 fully saturated rings. The number of rotatable bonds is 3. The molecule has 1 aromatic carbocycles. The number of nitrogens with one attached hydrogen (secondary N) is 1. The molecule has 4 nitrogen and oxygen atoms in total. The summed E-state index contributed by atoms with van der Waals surface area (Å²) in [6.45, 7) is 0.938. The molecule has 0 saturated carbocycles. The molecule has 1 unspecified atom stereocenters. The van der Waals surface area contributed by atoms with Gasteiger partial charge in [-0.2, -0.15) is 8.78 Å². The minimum atomic E-state index is -2.45. The fraction of sp³-hybridized carbons (Fsp3) is 0.462. The Morgan fingerprint density at radius 3 is 2.70 bits per heavy atom. The van der Waals surface area contributed by atoms with Crippen molar-refractivity contribution in [3.63, 3.8) is 0 Å². The van der Waals surface area contributed by atoms with Gasteiger partial charge in [-0.1, -0.05) is 11.8 Å². The maximum absolute atomic E-state index is 12.2. The van der Waals surface area contributed by atoms with E-state index in [2.05, 4.69) is 5.32 Å². The number of alkyl halides is 2. The summed E-state index contributed by atoms with van der Waals surface area (Å²) >= 11 is 0.465. The Labute approximate surface area is 120 Å². The molecule has 7 heteroatoms. The van der Waals surface area contributed by atoms with Crippen LogP contribution >= 0.6 is 11.8 Å². The van der Waals surface area contributed by atoms with Crippen LogP contribution in [0.2, 0.25) is 0 Å². The van der Waals surface area contributed by atoms with Crippen LogP contribution in [0.5, 0.6) is 0 Å². The molecule has 1 heterocycles. The summed E-state index contributed by atoms with van der Waals surface area (Å²) in [6, 6.07) is 5.97. The Morgan fingerprint density at radius 2 is 2.10 bits per heavy atom. The van der Waals surface area contributed by atoms with Crippen molar-refractivity contribution in [2.45, 2.75) is 29.6 Å². The number of β-amino-alcohol motifs (C(OH)–C–C–N with tert-alkyl or cyclic N) is 1. The lowest BCUT2D eigenvalue weighted by Gasteiger charge is -2.30. The van der Waals surface area contributed by atoms with Crippen LogP contribution in [-0.4, -0.2) is 41.0 Å². The second kappa shape index (κ2) is 6.90. The van der Waals surface area contributed by atoms with Gasteiger partial charge in [0.05, 0.1) is 6.10 Å². The molecule has 2 N–H and O–H groups in total. The van der Waals surface area contributed by atoms with Crippen LogP contribution in [-0.2, 0) is 0 Å². The van der Waals surface area contributed by atoms with Crippen molar-refractivity contribution in [2.24, 2.45) is 0 Å². The van der Waals surface area contributed by atoms with E-state index in [1.165, 1.54) is 12.1 Å². The Morgan fingerprint density at radius 1 is 1.40 bits per heavy atom. The van der Waals surface area contributed by atoms with E-state index in [9.17, 15) is 18.7 Å². The number of piperidine rings is 1. The summed E-state index contributed by atoms with van der Waals surface area (Å²) in [5.41, 5.74) is 0.550. The lowest BCUT2D eigenvalue weighted by molar-refractivity contribution is 0.0883. The fourth-order valence-electron chi connectivity index (χ4n) is 2.06. The van der Waals surface area contributed by atoms with Crippen LogP contribution in [0.4, 0.5) is 19.3 Å². The summed E-state index contributed by atoms with van der Waals surface area (Å²) in [7, 11) is 0. The third-order valence-corrected chi connectivity index (χ3v) is 3.74. The lowest BCUT2D eigenvalue weighted by Crippen LogP contribution is -2.44. The smallest absolute Gasteiger partial charge is 0.321 e. The summed E-state index contributed by atoms with van der Waals surface area (Å²) in [6.07, 6.45) is 1.02. The van der Waals surface area contributed by atoms with Crippen LogP contribution in [0.15, 0.2) is 29.2 Å². The molecule has 0 spiro atoms. The van der Waals surface area contributed by atoms with Gasteiger partial charge in [0, 0.05) is 23.7 Å². The molecule has 1 aromatic rings. The van der Waals surface area contributed by atoms with Gasteiger partial charge in [-0.25, -0.2) is 4.79 Å². The molecule has 1 saturated heterocycles. The fourth-order valence-corrected chi connectivity index (χ4v) is 2.56. The predicted molar refractivity (Wildman–Crippen MR) is 74.1 cm³/mol. The minimum absolute atomic E-state index is 0.280. The Balaban J connectivity index is 1.90. The number of halogens is 2. The summed E-state index contributed by atoms with van der Waals surface area (Å²) in [5.74, 6) is -2.45. The molecule has 0 radical (unpaired) electrons. The molecule has 2 rings (SSSR count). The molecule has 0 bridgehead atoms. The van der Waals surface area contributed by atoms with E-state index in [0.29, 0.717) is 41.9 Å². The van der Waals surface area contributed by atoms with Gasteiger partial charge in [0.1, 0.15) is 0 Å². The van der Waals surface area contributed by atoms with E-state index in [4.69, 9.17) is 0 Å². The van der Waals surface area contributed by atoms with Gasteiger partial charge in [-0.15, -0.1) is 0 Å². The second-order valence-corrected chi connectivity index (χ2v) is 5.64. The van der Waals surface area contributed by atoms with Crippen LogP contribution in [0, 0.1) is 0 Å². The van der Waals surface area contributed by atoms with Crippen molar-refractivity contribution >= 4 is 23.5 Å². The molecule has 1 atom stereocenters. The first-order valence-corrected chi connectivity index (χ1v) is 7.21. The molecular weight excluding hydrogens is 286 g/mol. The highest BCUT2D eigenvalue weighted by molar-refractivity contribution is 7.99. The molecule has 2 amide bonds. The number of benzene rings is 1. The van der Waals surface area contributed by atoms with Crippen molar-refractivity contribution in [1.29, 1.82) is 0 Å². The number of thioether (sulfide) groups is 1. The molecule has 0 aliphatic carbocycles. The number of hydrogen-bond donors (Lipinski definition) is 2. The van der Waals surface area contributed by atoms with E-state index in [1.54, 1.807) is 17.0 Å². The Kier molecular flexibility index (Phi) is 5.19. The van der Waals surface area contributed by atoms with Crippen LogP contribution in [0.1, 0.15) is 12.8 Å². The third-order valence-electron chi connectivity index (χ3n) is 3.01. The van der Waals surface area contributed by atoms with Gasteiger partial charge in [-0.3, -0.25) is 0 Å². The second-order valence-electron chi connectivity index (χ2n) is 4.58. The molecule has 20 heavy (non-hydrogen) atoms. The number of anilines is 1. The van der Waals surface area contributed by atoms with E-state index in [0.717, 1.165) is 6.42 Å². The first-order valence-electron chi connectivity index (χ1n) is 6.33. The normalized spacial score (nSPS) is 19.2. The molecule has 1 aliphatic rings. The van der Waals surface area contributed by atoms with E-state index >= 15 is 0 Å². The lowest BCUT2D eigenvalue weighted by atomic mass is 10.1. The first kappa shape index (κ1) is 15.1. The zero-order valence-electron chi connectivity index (χ0n) is 10.8. The Bertz CT molecular complexity index is 456. The zero-order chi connectivity index (χ0) is 14.5. The van der Waals surface area contributed by atoms with E-state index in [-0.39, 0.29) is 6.03 Å². The van der Waals surface area contributed by atoms with Gasteiger partial charge in [0.25, 0.3) is 5.76 Å². The van der Waals surface area contributed by atoms with Gasteiger partial charge in [-0.05, 0) is 37.1 Å². The van der Waals surface area contributed by atoms with Gasteiger partial charge in [0.2, 0.25) is 0 Å². The molecule has 110 valence electrons. The predicted octanol–water partition coefficient (Wildman–Crippen LogP) is 2.99. The molecule has 0 aromatic heterocycles. The van der Waals surface area contributed by atoms with Crippen LogP contribution < -0.4 is 5.32 Å². The first-order chi connectivity index (χ1) is 9.54. The van der Waals surface area contributed by atoms with E-state index < -0.39 is 11.9 Å². The maximum atomic E-state index is 12.2.